The lowest BCUT2D eigenvalue weighted by atomic mass is 9.84. The summed E-state index contributed by atoms with van der Waals surface area (Å²) in [6, 6.07) is 18.7. The van der Waals surface area contributed by atoms with Gasteiger partial charge in [-0.15, -0.1) is 0 Å². The highest BCUT2D eigenvalue weighted by atomic mass is 16.3. The fourth-order valence-corrected chi connectivity index (χ4v) is 2.84. The van der Waals surface area contributed by atoms with E-state index >= 15 is 0 Å². The maximum Gasteiger partial charge on any atom is 0.0896 e. The molecule has 20 heavy (non-hydrogen) atoms. The first kappa shape index (κ1) is 14.8. The molecule has 1 nitrogen and oxygen atoms in total. The molecule has 2 aromatic carbocycles. The molecular weight excluding hydrogens is 244 g/mol. The number of aliphatic hydroxyl groups is 1. The Bertz CT molecular complexity index is 507. The summed E-state index contributed by atoms with van der Waals surface area (Å²) in [5.74, 6) is 0. The van der Waals surface area contributed by atoms with Crippen LogP contribution in [-0.2, 0) is 5.60 Å². The van der Waals surface area contributed by atoms with E-state index in [9.17, 15) is 5.11 Å². The Balaban J connectivity index is 2.27. The van der Waals surface area contributed by atoms with E-state index in [0.29, 0.717) is 0 Å². The minimum absolute atomic E-state index is 0.668. The first-order valence-electron chi connectivity index (χ1n) is 7.58. The lowest BCUT2D eigenvalue weighted by Crippen LogP contribution is -2.25. The summed E-state index contributed by atoms with van der Waals surface area (Å²) < 4.78 is 0. The summed E-state index contributed by atoms with van der Waals surface area (Å²) in [6.07, 6.45) is 3.64. The van der Waals surface area contributed by atoms with Crippen LogP contribution in [0.4, 0.5) is 0 Å². The van der Waals surface area contributed by atoms with E-state index in [1.54, 1.807) is 0 Å². The van der Waals surface area contributed by atoms with Gasteiger partial charge in [-0.25, -0.2) is 0 Å². The summed E-state index contributed by atoms with van der Waals surface area (Å²) in [5.41, 5.74) is 2.79. The zero-order valence-corrected chi connectivity index (χ0v) is 12.5. The van der Waals surface area contributed by atoms with Gasteiger partial charge in [-0.1, -0.05) is 81.3 Å². The minimum Gasteiger partial charge on any atom is -0.385 e. The van der Waals surface area contributed by atoms with Crippen LogP contribution in [-0.4, -0.2) is 5.11 Å². The molecule has 2 aromatic rings. The average Bonchev–Trinajstić information content (AvgIpc) is 2.49. The molecule has 0 aliphatic carbocycles. The smallest absolute Gasteiger partial charge is 0.0896 e. The van der Waals surface area contributed by atoms with Crippen LogP contribution in [0.1, 0.15) is 45.1 Å². The number of rotatable bonds is 6. The SMILES string of the molecule is CCCC(O)(CCC)c1ccc(-c2ccccc2)cc1. The summed E-state index contributed by atoms with van der Waals surface area (Å²) in [7, 11) is 0. The maximum absolute atomic E-state index is 10.8. The van der Waals surface area contributed by atoms with Crippen molar-refractivity contribution in [1.29, 1.82) is 0 Å². The van der Waals surface area contributed by atoms with E-state index < -0.39 is 5.60 Å². The average molecular weight is 268 g/mol. The fraction of sp³-hybridized carbons (Fsp3) is 0.368. The molecule has 0 heterocycles. The second-order valence-electron chi connectivity index (χ2n) is 5.47. The van der Waals surface area contributed by atoms with E-state index in [1.807, 2.05) is 18.2 Å². The monoisotopic (exact) mass is 268 g/mol. The molecule has 0 saturated carbocycles. The van der Waals surface area contributed by atoms with Crippen LogP contribution in [0.2, 0.25) is 0 Å². The van der Waals surface area contributed by atoms with E-state index in [-0.39, 0.29) is 0 Å². The largest absolute Gasteiger partial charge is 0.385 e. The van der Waals surface area contributed by atoms with Gasteiger partial charge in [0.25, 0.3) is 0 Å². The van der Waals surface area contributed by atoms with Crippen LogP contribution in [0.25, 0.3) is 11.1 Å². The normalized spacial score (nSPS) is 11.6. The molecule has 0 spiro atoms. The molecule has 0 atom stereocenters. The van der Waals surface area contributed by atoms with Crippen LogP contribution < -0.4 is 0 Å². The summed E-state index contributed by atoms with van der Waals surface area (Å²) in [5, 5.41) is 10.8. The van der Waals surface area contributed by atoms with Crippen molar-refractivity contribution in [3.05, 3.63) is 60.2 Å². The highest BCUT2D eigenvalue weighted by Crippen LogP contribution is 2.32. The van der Waals surface area contributed by atoms with E-state index in [1.165, 1.54) is 11.1 Å². The third-order valence-electron chi connectivity index (χ3n) is 3.86. The van der Waals surface area contributed by atoms with E-state index in [0.717, 1.165) is 31.2 Å². The van der Waals surface area contributed by atoms with Gasteiger partial charge in [-0.3, -0.25) is 0 Å². The van der Waals surface area contributed by atoms with Crippen molar-refractivity contribution in [1.82, 2.24) is 0 Å². The van der Waals surface area contributed by atoms with E-state index in [2.05, 4.69) is 50.2 Å². The first-order valence-corrected chi connectivity index (χ1v) is 7.58. The highest BCUT2D eigenvalue weighted by molar-refractivity contribution is 5.63. The molecule has 0 aromatic heterocycles. The van der Waals surface area contributed by atoms with Gasteiger partial charge in [0.1, 0.15) is 0 Å². The topological polar surface area (TPSA) is 20.2 Å². The molecule has 2 rings (SSSR count). The molecule has 0 fully saturated rings. The van der Waals surface area contributed by atoms with Gasteiger partial charge < -0.3 is 5.11 Å². The molecule has 1 N–H and O–H groups in total. The van der Waals surface area contributed by atoms with Gasteiger partial charge in [0.15, 0.2) is 0 Å². The zero-order valence-electron chi connectivity index (χ0n) is 12.5. The minimum atomic E-state index is -0.668. The second-order valence-corrected chi connectivity index (χ2v) is 5.47. The van der Waals surface area contributed by atoms with Gasteiger partial charge in [0.05, 0.1) is 5.60 Å². The van der Waals surface area contributed by atoms with Crippen molar-refractivity contribution in [2.24, 2.45) is 0 Å². The molecule has 0 radical (unpaired) electrons. The third kappa shape index (κ3) is 3.29. The van der Waals surface area contributed by atoms with Crippen molar-refractivity contribution in [2.75, 3.05) is 0 Å². The number of benzene rings is 2. The Kier molecular flexibility index (Phi) is 4.97. The molecule has 0 aliphatic rings. The molecule has 1 heteroatoms. The predicted octanol–water partition coefficient (Wildman–Crippen LogP) is 5.14. The Morgan fingerprint density at radius 3 is 1.75 bits per heavy atom. The van der Waals surface area contributed by atoms with Crippen molar-refractivity contribution < 1.29 is 5.11 Å². The number of hydrogen-bond donors (Lipinski definition) is 1. The van der Waals surface area contributed by atoms with Gasteiger partial charge in [0.2, 0.25) is 0 Å². The van der Waals surface area contributed by atoms with Crippen LogP contribution in [0.5, 0.6) is 0 Å². The first-order chi connectivity index (χ1) is 9.69. The number of hydrogen-bond acceptors (Lipinski definition) is 1. The quantitative estimate of drug-likeness (QED) is 0.769. The van der Waals surface area contributed by atoms with Crippen LogP contribution in [0.15, 0.2) is 54.6 Å². The zero-order chi connectivity index (χ0) is 14.4. The van der Waals surface area contributed by atoms with Crippen LogP contribution in [0, 0.1) is 0 Å². The molecule has 106 valence electrons. The lowest BCUT2D eigenvalue weighted by Gasteiger charge is -2.28. The van der Waals surface area contributed by atoms with Crippen LogP contribution in [0.3, 0.4) is 0 Å². The van der Waals surface area contributed by atoms with Crippen LogP contribution >= 0.6 is 0 Å². The molecule has 0 aliphatic heterocycles. The van der Waals surface area contributed by atoms with Crippen molar-refractivity contribution >= 4 is 0 Å². The molecule has 0 amide bonds. The summed E-state index contributed by atoms with van der Waals surface area (Å²) >= 11 is 0. The highest BCUT2D eigenvalue weighted by Gasteiger charge is 2.26. The third-order valence-corrected chi connectivity index (χ3v) is 3.86. The van der Waals surface area contributed by atoms with Crippen molar-refractivity contribution in [3.8, 4) is 11.1 Å². The van der Waals surface area contributed by atoms with E-state index in [4.69, 9.17) is 0 Å². The summed E-state index contributed by atoms with van der Waals surface area (Å²) in [4.78, 5) is 0. The van der Waals surface area contributed by atoms with Crippen molar-refractivity contribution in [2.45, 2.75) is 45.1 Å². The van der Waals surface area contributed by atoms with Gasteiger partial charge in [-0.05, 0) is 29.5 Å². The summed E-state index contributed by atoms with van der Waals surface area (Å²) in [6.45, 7) is 4.25. The lowest BCUT2D eigenvalue weighted by molar-refractivity contribution is 0.0170. The maximum atomic E-state index is 10.8. The van der Waals surface area contributed by atoms with Gasteiger partial charge in [0, 0.05) is 0 Å². The fourth-order valence-electron chi connectivity index (χ4n) is 2.84. The standard InChI is InChI=1S/C19H24O/c1-3-14-19(20,15-4-2)18-12-10-17(11-13-18)16-8-6-5-7-9-16/h5-13,20H,3-4,14-15H2,1-2H3. The van der Waals surface area contributed by atoms with Gasteiger partial charge in [-0.2, -0.15) is 0 Å². The molecule has 0 unspecified atom stereocenters. The van der Waals surface area contributed by atoms with Crippen molar-refractivity contribution in [3.63, 3.8) is 0 Å². The predicted molar refractivity (Wildman–Crippen MR) is 85.6 cm³/mol. The Morgan fingerprint density at radius 1 is 0.750 bits per heavy atom. The Labute approximate surface area is 122 Å². The Hall–Kier alpha value is -1.60. The van der Waals surface area contributed by atoms with Gasteiger partial charge >= 0.3 is 0 Å². The second kappa shape index (κ2) is 6.71. The molecule has 0 saturated heterocycles. The molecule has 0 bridgehead atoms. The molecular formula is C19H24O. The Morgan fingerprint density at radius 2 is 1.25 bits per heavy atom.